The van der Waals surface area contributed by atoms with E-state index in [4.69, 9.17) is 16.3 Å². The summed E-state index contributed by atoms with van der Waals surface area (Å²) < 4.78 is 6.97. The summed E-state index contributed by atoms with van der Waals surface area (Å²) in [6, 6.07) is 5.95. The summed E-state index contributed by atoms with van der Waals surface area (Å²) in [6.45, 7) is 8.09. The lowest BCUT2D eigenvalue weighted by Crippen LogP contribution is -2.00. The first-order chi connectivity index (χ1) is 9.40. The van der Waals surface area contributed by atoms with Crippen molar-refractivity contribution in [2.24, 2.45) is 0 Å². The van der Waals surface area contributed by atoms with Crippen LogP contribution >= 0.6 is 27.5 Å². The SMILES string of the molecule is Cc1c(Cl)nnc(Oc2ccc(Br)cc2C(C)C)c1C. The zero-order chi connectivity index (χ0) is 14.9. The van der Waals surface area contributed by atoms with Gasteiger partial charge >= 0.3 is 0 Å². The standard InChI is InChI=1S/C15H16BrClN2O/c1-8(2)12-7-11(16)5-6-13(12)20-15-10(4)9(3)14(17)18-19-15/h5-8H,1-4H3. The molecule has 0 fully saturated rings. The molecule has 0 aliphatic heterocycles. The largest absolute Gasteiger partial charge is 0.437 e. The Hall–Kier alpha value is -1.13. The molecule has 0 atom stereocenters. The average Bonchev–Trinajstić information content (AvgIpc) is 2.41. The molecule has 0 radical (unpaired) electrons. The first-order valence-electron chi connectivity index (χ1n) is 6.36. The van der Waals surface area contributed by atoms with Crippen LogP contribution in [-0.2, 0) is 0 Å². The van der Waals surface area contributed by atoms with Crippen LogP contribution in [0.3, 0.4) is 0 Å². The van der Waals surface area contributed by atoms with Gasteiger partial charge in [0.25, 0.3) is 0 Å². The van der Waals surface area contributed by atoms with Gasteiger partial charge in [-0.1, -0.05) is 41.4 Å². The quantitative estimate of drug-likeness (QED) is 0.737. The van der Waals surface area contributed by atoms with Crippen LogP contribution in [0.2, 0.25) is 5.15 Å². The van der Waals surface area contributed by atoms with Crippen LogP contribution in [0.5, 0.6) is 11.6 Å². The van der Waals surface area contributed by atoms with Crippen molar-refractivity contribution < 1.29 is 4.74 Å². The second kappa shape index (κ2) is 6.10. The lowest BCUT2D eigenvalue weighted by Gasteiger charge is -2.15. The van der Waals surface area contributed by atoms with Crippen molar-refractivity contribution in [3.63, 3.8) is 0 Å². The van der Waals surface area contributed by atoms with E-state index in [2.05, 4.69) is 46.0 Å². The molecule has 0 amide bonds. The lowest BCUT2D eigenvalue weighted by molar-refractivity contribution is 0.442. The van der Waals surface area contributed by atoms with Crippen molar-refractivity contribution in [3.05, 3.63) is 44.5 Å². The molecular formula is C15H16BrClN2O. The van der Waals surface area contributed by atoms with Crippen LogP contribution in [0.4, 0.5) is 0 Å². The molecule has 0 saturated carbocycles. The topological polar surface area (TPSA) is 35.0 Å². The maximum Gasteiger partial charge on any atom is 0.242 e. The molecular weight excluding hydrogens is 340 g/mol. The van der Waals surface area contributed by atoms with E-state index >= 15 is 0 Å². The summed E-state index contributed by atoms with van der Waals surface area (Å²) in [4.78, 5) is 0. The van der Waals surface area contributed by atoms with Crippen molar-refractivity contribution >= 4 is 27.5 Å². The molecule has 1 heterocycles. The molecule has 2 aromatic rings. The minimum Gasteiger partial charge on any atom is -0.437 e. The van der Waals surface area contributed by atoms with Crippen LogP contribution in [0.15, 0.2) is 22.7 Å². The van der Waals surface area contributed by atoms with E-state index in [1.807, 2.05) is 26.0 Å². The molecule has 1 aromatic carbocycles. The minimum absolute atomic E-state index is 0.351. The van der Waals surface area contributed by atoms with Gasteiger partial charge in [-0.05, 0) is 49.1 Å². The molecule has 0 saturated heterocycles. The van der Waals surface area contributed by atoms with Gasteiger partial charge in [-0.25, -0.2) is 0 Å². The van der Waals surface area contributed by atoms with Gasteiger partial charge < -0.3 is 4.74 Å². The van der Waals surface area contributed by atoms with Gasteiger partial charge in [0, 0.05) is 10.0 Å². The minimum atomic E-state index is 0.351. The normalized spacial score (nSPS) is 10.9. The third-order valence-electron chi connectivity index (χ3n) is 3.22. The highest BCUT2D eigenvalue weighted by atomic mass is 79.9. The molecule has 2 rings (SSSR count). The number of halogens is 2. The van der Waals surface area contributed by atoms with Crippen LogP contribution in [0, 0.1) is 13.8 Å². The predicted molar refractivity (Wildman–Crippen MR) is 84.8 cm³/mol. The number of rotatable bonds is 3. The summed E-state index contributed by atoms with van der Waals surface area (Å²) in [5.74, 6) is 1.64. The summed E-state index contributed by atoms with van der Waals surface area (Å²) >= 11 is 9.44. The van der Waals surface area contributed by atoms with E-state index in [-0.39, 0.29) is 0 Å². The van der Waals surface area contributed by atoms with Gasteiger partial charge in [0.15, 0.2) is 5.15 Å². The molecule has 20 heavy (non-hydrogen) atoms. The Morgan fingerprint density at radius 3 is 2.50 bits per heavy atom. The molecule has 0 spiro atoms. The summed E-state index contributed by atoms with van der Waals surface area (Å²) in [5.41, 5.74) is 2.91. The summed E-state index contributed by atoms with van der Waals surface area (Å²) in [7, 11) is 0. The van der Waals surface area contributed by atoms with Crippen LogP contribution in [-0.4, -0.2) is 10.2 Å². The van der Waals surface area contributed by atoms with Crippen molar-refractivity contribution in [2.45, 2.75) is 33.6 Å². The van der Waals surface area contributed by atoms with Gasteiger partial charge in [0.2, 0.25) is 5.88 Å². The maximum atomic E-state index is 5.96. The predicted octanol–water partition coefficient (Wildman–Crippen LogP) is 5.43. The Kier molecular flexibility index (Phi) is 4.66. The highest BCUT2D eigenvalue weighted by molar-refractivity contribution is 9.10. The van der Waals surface area contributed by atoms with Crippen LogP contribution in [0.25, 0.3) is 0 Å². The summed E-state index contributed by atoms with van der Waals surface area (Å²) in [5, 5.41) is 8.36. The fourth-order valence-corrected chi connectivity index (χ4v) is 2.38. The monoisotopic (exact) mass is 354 g/mol. The van der Waals surface area contributed by atoms with E-state index in [1.54, 1.807) is 0 Å². The number of hydrogen-bond donors (Lipinski definition) is 0. The van der Waals surface area contributed by atoms with E-state index in [1.165, 1.54) is 0 Å². The molecule has 5 heteroatoms. The highest BCUT2D eigenvalue weighted by Crippen LogP contribution is 2.34. The molecule has 0 unspecified atom stereocenters. The van der Waals surface area contributed by atoms with Gasteiger partial charge in [-0.2, -0.15) is 0 Å². The van der Waals surface area contributed by atoms with E-state index in [0.29, 0.717) is 17.0 Å². The van der Waals surface area contributed by atoms with Gasteiger partial charge in [0.05, 0.1) is 0 Å². The number of hydrogen-bond acceptors (Lipinski definition) is 3. The lowest BCUT2D eigenvalue weighted by atomic mass is 10.0. The van der Waals surface area contributed by atoms with Gasteiger partial charge in [0.1, 0.15) is 5.75 Å². The molecule has 0 aliphatic carbocycles. The Balaban J connectivity index is 2.43. The Labute approximate surface area is 132 Å². The number of aromatic nitrogens is 2. The Bertz CT molecular complexity index is 644. The number of benzene rings is 1. The van der Waals surface area contributed by atoms with Crippen molar-refractivity contribution in [1.29, 1.82) is 0 Å². The first kappa shape index (κ1) is 15.3. The Morgan fingerprint density at radius 1 is 1.15 bits per heavy atom. The molecule has 0 bridgehead atoms. The van der Waals surface area contributed by atoms with Crippen molar-refractivity contribution in [2.75, 3.05) is 0 Å². The zero-order valence-electron chi connectivity index (χ0n) is 11.9. The average molecular weight is 356 g/mol. The molecule has 106 valence electrons. The van der Waals surface area contributed by atoms with Gasteiger partial charge in [-0.15, -0.1) is 10.2 Å². The van der Waals surface area contributed by atoms with Crippen LogP contribution in [0.1, 0.15) is 36.5 Å². The third-order valence-corrected chi connectivity index (χ3v) is 4.07. The van der Waals surface area contributed by atoms with Crippen molar-refractivity contribution in [1.82, 2.24) is 10.2 Å². The molecule has 1 aromatic heterocycles. The smallest absolute Gasteiger partial charge is 0.242 e. The van der Waals surface area contributed by atoms with E-state index in [9.17, 15) is 0 Å². The second-order valence-corrected chi connectivity index (χ2v) is 6.26. The van der Waals surface area contributed by atoms with Gasteiger partial charge in [-0.3, -0.25) is 0 Å². The van der Waals surface area contributed by atoms with E-state index < -0.39 is 0 Å². The van der Waals surface area contributed by atoms with E-state index in [0.717, 1.165) is 26.9 Å². The van der Waals surface area contributed by atoms with Crippen molar-refractivity contribution in [3.8, 4) is 11.6 Å². The zero-order valence-corrected chi connectivity index (χ0v) is 14.2. The van der Waals surface area contributed by atoms with Crippen LogP contribution < -0.4 is 4.74 Å². The molecule has 0 aliphatic rings. The number of nitrogens with zero attached hydrogens (tertiary/aromatic N) is 2. The fourth-order valence-electron chi connectivity index (χ4n) is 1.82. The number of ether oxygens (including phenoxy) is 1. The Morgan fingerprint density at radius 2 is 1.85 bits per heavy atom. The fraction of sp³-hybridized carbons (Fsp3) is 0.333. The molecule has 3 nitrogen and oxygen atoms in total. The summed E-state index contributed by atoms with van der Waals surface area (Å²) in [6.07, 6.45) is 0. The third kappa shape index (κ3) is 3.13. The highest BCUT2D eigenvalue weighted by Gasteiger charge is 2.14. The second-order valence-electron chi connectivity index (χ2n) is 4.98. The first-order valence-corrected chi connectivity index (χ1v) is 7.54. The molecule has 0 N–H and O–H groups in total. The maximum absolute atomic E-state index is 5.96.